The minimum atomic E-state index is -0.530. The van der Waals surface area contributed by atoms with Gasteiger partial charge in [-0.15, -0.1) is 0 Å². The minimum Gasteiger partial charge on any atom is -0.497 e. The van der Waals surface area contributed by atoms with Crippen LogP contribution in [0.15, 0.2) is 72.8 Å². The van der Waals surface area contributed by atoms with Gasteiger partial charge >= 0.3 is 6.03 Å². The molecule has 0 unspecified atom stereocenters. The molecule has 0 saturated heterocycles. The smallest absolute Gasteiger partial charge is 0.321 e. The summed E-state index contributed by atoms with van der Waals surface area (Å²) in [4.78, 5) is 43.6. The summed E-state index contributed by atoms with van der Waals surface area (Å²) in [6.07, 6.45) is 1.80. The van der Waals surface area contributed by atoms with Crippen LogP contribution in [-0.2, 0) is 4.74 Å². The predicted octanol–water partition coefficient (Wildman–Crippen LogP) is 5.91. The molecule has 3 aromatic carbocycles. The SMILES string of the molecule is COc1ccc(NC(=O)N(C)C[C@H]2OCCCC[C@@H](C)Oc3ccc(NC(=O)c4ccccc4)cc3C(=O)N([C@H](C)CO)C[C@@H]2C)cc1. The maximum Gasteiger partial charge on any atom is 0.321 e. The van der Waals surface area contributed by atoms with Crippen molar-refractivity contribution in [1.82, 2.24) is 9.80 Å². The largest absolute Gasteiger partial charge is 0.497 e. The number of urea groups is 1. The number of anilines is 2. The fourth-order valence-corrected chi connectivity index (χ4v) is 5.50. The van der Waals surface area contributed by atoms with Gasteiger partial charge in [0.25, 0.3) is 11.8 Å². The summed E-state index contributed by atoms with van der Waals surface area (Å²) >= 11 is 0. The number of hydrogen-bond donors (Lipinski definition) is 3. The van der Waals surface area contributed by atoms with Crippen LogP contribution in [0.4, 0.5) is 16.2 Å². The Morgan fingerprint density at radius 1 is 1.02 bits per heavy atom. The van der Waals surface area contributed by atoms with E-state index in [4.69, 9.17) is 14.2 Å². The first kappa shape index (κ1) is 36.2. The number of carbonyl (C=O) groups is 3. The van der Waals surface area contributed by atoms with Gasteiger partial charge in [-0.25, -0.2) is 4.79 Å². The fraction of sp³-hybridized carbons (Fsp3) is 0.432. The first-order valence-corrected chi connectivity index (χ1v) is 16.5. The van der Waals surface area contributed by atoms with Crippen molar-refractivity contribution in [3.63, 3.8) is 0 Å². The zero-order valence-electron chi connectivity index (χ0n) is 28.5. The molecular weight excluding hydrogens is 612 g/mol. The molecule has 0 aromatic heterocycles. The Kier molecular flexibility index (Phi) is 13.2. The molecule has 0 aliphatic carbocycles. The third kappa shape index (κ3) is 9.95. The molecule has 11 nitrogen and oxygen atoms in total. The zero-order chi connectivity index (χ0) is 34.6. The first-order chi connectivity index (χ1) is 23.1. The lowest BCUT2D eigenvalue weighted by atomic mass is 10.0. The molecule has 3 aromatic rings. The van der Waals surface area contributed by atoms with Gasteiger partial charge in [-0.3, -0.25) is 9.59 Å². The summed E-state index contributed by atoms with van der Waals surface area (Å²) in [7, 11) is 3.29. The standard InChI is InChI=1S/C37H48N4O7/c1-25-22-41(26(2)24-42)36(44)32-21-30(38-35(43)28-12-7-6-8-13-28)16-19-33(32)48-27(3)11-9-10-20-47-34(25)23-40(4)37(45)39-29-14-17-31(46-5)18-15-29/h6-8,12-19,21,25-27,34,42H,9-11,20,22-24H2,1-5H3,(H,38,43)(H,39,45)/t25-,26+,27+,34+/m0/s1. The van der Waals surface area contributed by atoms with Gasteiger partial charge in [0.2, 0.25) is 0 Å². The Morgan fingerprint density at radius 3 is 2.42 bits per heavy atom. The van der Waals surface area contributed by atoms with Crippen LogP contribution in [0.2, 0.25) is 0 Å². The highest BCUT2D eigenvalue weighted by Gasteiger charge is 2.31. The topological polar surface area (TPSA) is 130 Å². The molecule has 11 heteroatoms. The van der Waals surface area contributed by atoms with Gasteiger partial charge in [0.05, 0.1) is 37.5 Å². The number of nitrogens with one attached hydrogen (secondary N) is 2. The Hall–Kier alpha value is -4.61. The van der Waals surface area contributed by atoms with Gasteiger partial charge in [-0.2, -0.15) is 0 Å². The third-order valence-corrected chi connectivity index (χ3v) is 8.49. The number of aliphatic hydroxyl groups excluding tert-OH is 1. The first-order valence-electron chi connectivity index (χ1n) is 16.5. The second kappa shape index (κ2) is 17.5. The number of likely N-dealkylation sites (N-methyl/N-ethyl adjacent to an activating group) is 1. The molecule has 3 N–H and O–H groups in total. The molecule has 1 aliphatic rings. The van der Waals surface area contributed by atoms with Gasteiger partial charge in [-0.1, -0.05) is 25.1 Å². The Labute approximate surface area is 283 Å². The number of fused-ring (bicyclic) bond motifs is 1. The molecule has 0 fully saturated rings. The highest BCUT2D eigenvalue weighted by Crippen LogP contribution is 2.29. The summed E-state index contributed by atoms with van der Waals surface area (Å²) in [6.45, 7) is 6.47. The van der Waals surface area contributed by atoms with Crippen molar-refractivity contribution in [1.29, 1.82) is 0 Å². The predicted molar refractivity (Wildman–Crippen MR) is 186 cm³/mol. The molecule has 4 atom stereocenters. The van der Waals surface area contributed by atoms with Crippen molar-refractivity contribution in [3.05, 3.63) is 83.9 Å². The molecule has 48 heavy (non-hydrogen) atoms. The molecule has 4 amide bonds. The highest BCUT2D eigenvalue weighted by atomic mass is 16.5. The van der Waals surface area contributed by atoms with Crippen LogP contribution in [-0.4, -0.2) is 91.5 Å². The number of carbonyl (C=O) groups excluding carboxylic acids is 3. The van der Waals surface area contributed by atoms with Gasteiger partial charge in [0.15, 0.2) is 0 Å². The van der Waals surface area contributed by atoms with Crippen LogP contribution in [0, 0.1) is 5.92 Å². The second-order valence-corrected chi connectivity index (χ2v) is 12.4. The molecule has 258 valence electrons. The van der Waals surface area contributed by atoms with Gasteiger partial charge in [0.1, 0.15) is 11.5 Å². The van der Waals surface area contributed by atoms with E-state index in [9.17, 15) is 19.5 Å². The summed E-state index contributed by atoms with van der Waals surface area (Å²) in [5.41, 5.74) is 1.86. The molecule has 0 saturated carbocycles. The van der Waals surface area contributed by atoms with Crippen molar-refractivity contribution in [2.45, 2.75) is 58.3 Å². The van der Waals surface area contributed by atoms with E-state index in [2.05, 4.69) is 10.6 Å². The van der Waals surface area contributed by atoms with Crippen molar-refractivity contribution in [3.8, 4) is 11.5 Å². The zero-order valence-corrected chi connectivity index (χ0v) is 28.5. The van der Waals surface area contributed by atoms with E-state index in [-0.39, 0.29) is 55.1 Å². The lowest BCUT2D eigenvalue weighted by Gasteiger charge is -2.35. The number of ether oxygens (including phenoxy) is 3. The van der Waals surface area contributed by atoms with Crippen LogP contribution in [0.3, 0.4) is 0 Å². The van der Waals surface area contributed by atoms with Gasteiger partial charge < -0.3 is 39.8 Å². The van der Waals surface area contributed by atoms with Crippen molar-refractivity contribution in [2.24, 2.45) is 5.92 Å². The van der Waals surface area contributed by atoms with E-state index in [1.165, 1.54) is 0 Å². The number of nitrogens with zero attached hydrogens (tertiary/aromatic N) is 2. The molecule has 1 heterocycles. The normalized spacial score (nSPS) is 19.6. The van der Waals surface area contributed by atoms with Crippen LogP contribution in [0.25, 0.3) is 0 Å². The average Bonchev–Trinajstić information content (AvgIpc) is 3.10. The Morgan fingerprint density at radius 2 is 1.73 bits per heavy atom. The van der Waals surface area contributed by atoms with Crippen molar-refractivity contribution >= 4 is 29.2 Å². The lowest BCUT2D eigenvalue weighted by Crippen LogP contribution is -2.48. The summed E-state index contributed by atoms with van der Waals surface area (Å²) < 4.78 is 17.9. The second-order valence-electron chi connectivity index (χ2n) is 12.4. The van der Waals surface area contributed by atoms with E-state index in [0.717, 1.165) is 19.3 Å². The number of hydrogen-bond acceptors (Lipinski definition) is 7. The molecule has 4 rings (SSSR count). The molecule has 0 radical (unpaired) electrons. The van der Waals surface area contributed by atoms with Crippen LogP contribution < -0.4 is 20.1 Å². The minimum absolute atomic E-state index is 0.185. The third-order valence-electron chi connectivity index (χ3n) is 8.49. The highest BCUT2D eigenvalue weighted by molar-refractivity contribution is 6.05. The van der Waals surface area contributed by atoms with Gasteiger partial charge in [-0.05, 0) is 87.7 Å². The quantitative estimate of drug-likeness (QED) is 0.274. The molecular formula is C37H48N4O7. The molecule has 0 spiro atoms. The van der Waals surface area contributed by atoms with Crippen molar-refractivity contribution in [2.75, 3.05) is 51.1 Å². The molecule has 0 bridgehead atoms. The summed E-state index contributed by atoms with van der Waals surface area (Å²) in [5.74, 6) is 0.241. The Bertz CT molecular complexity index is 1500. The maximum atomic E-state index is 14.4. The number of rotatable bonds is 8. The summed E-state index contributed by atoms with van der Waals surface area (Å²) in [5, 5.41) is 16.0. The van der Waals surface area contributed by atoms with E-state index < -0.39 is 12.1 Å². The fourth-order valence-electron chi connectivity index (χ4n) is 5.50. The summed E-state index contributed by atoms with van der Waals surface area (Å²) in [6, 6.07) is 20.2. The number of aliphatic hydroxyl groups is 1. The van der Waals surface area contributed by atoms with E-state index in [1.54, 1.807) is 97.6 Å². The molecule has 1 aliphatic heterocycles. The van der Waals surface area contributed by atoms with E-state index in [0.29, 0.717) is 35.0 Å². The number of amides is 4. The van der Waals surface area contributed by atoms with Crippen LogP contribution in [0.5, 0.6) is 11.5 Å². The van der Waals surface area contributed by atoms with Crippen molar-refractivity contribution < 1.29 is 33.7 Å². The monoisotopic (exact) mass is 660 g/mol. The van der Waals surface area contributed by atoms with E-state index >= 15 is 0 Å². The maximum absolute atomic E-state index is 14.4. The average molecular weight is 661 g/mol. The lowest BCUT2D eigenvalue weighted by molar-refractivity contribution is -0.0115. The van der Waals surface area contributed by atoms with Gasteiger partial charge in [0, 0.05) is 49.6 Å². The van der Waals surface area contributed by atoms with E-state index in [1.807, 2.05) is 19.9 Å². The van der Waals surface area contributed by atoms with Crippen LogP contribution >= 0.6 is 0 Å². The number of benzene rings is 3. The van der Waals surface area contributed by atoms with Crippen LogP contribution in [0.1, 0.15) is 60.7 Å². The Balaban J connectivity index is 1.58. The number of methoxy groups -OCH3 is 1.